The van der Waals surface area contributed by atoms with E-state index in [0.717, 1.165) is 5.69 Å². The molecule has 2 aromatic rings. The van der Waals surface area contributed by atoms with Gasteiger partial charge in [-0.3, -0.25) is 10.1 Å². The lowest BCUT2D eigenvalue weighted by molar-refractivity contribution is -0.384. The summed E-state index contributed by atoms with van der Waals surface area (Å²) in [4.78, 5) is 19.1. The Hall–Kier alpha value is -2.57. The van der Waals surface area contributed by atoms with Crippen LogP contribution in [0.3, 0.4) is 0 Å². The lowest BCUT2D eigenvalue weighted by Gasteiger charge is -2.16. The predicted molar refractivity (Wildman–Crippen MR) is 87.2 cm³/mol. The Morgan fingerprint density at radius 3 is 2.43 bits per heavy atom. The van der Waals surface area contributed by atoms with Crippen LogP contribution in [0.5, 0.6) is 0 Å². The van der Waals surface area contributed by atoms with Gasteiger partial charge in [-0.05, 0) is 32.4 Å². The molecule has 1 N–H and O–H groups in total. The van der Waals surface area contributed by atoms with Gasteiger partial charge >= 0.3 is 0 Å². The highest BCUT2D eigenvalue weighted by molar-refractivity contribution is 5.59. The number of rotatable bonds is 6. The number of aryl methyl sites for hydroxylation is 1. The molecule has 7 heteroatoms. The van der Waals surface area contributed by atoms with Crippen LogP contribution in [0.4, 0.5) is 15.9 Å². The molecule has 0 aliphatic heterocycles. The Labute approximate surface area is 133 Å². The Kier molecular flexibility index (Phi) is 4.88. The summed E-state index contributed by atoms with van der Waals surface area (Å²) in [6, 6.07) is 7.82. The minimum Gasteiger partial charge on any atom is -0.367 e. The first-order chi connectivity index (χ1) is 10.8. The summed E-state index contributed by atoms with van der Waals surface area (Å²) in [5.74, 6) is 0.995. The van der Waals surface area contributed by atoms with Crippen molar-refractivity contribution in [1.29, 1.82) is 0 Å². The van der Waals surface area contributed by atoms with E-state index in [1.54, 1.807) is 18.2 Å². The van der Waals surface area contributed by atoms with Crippen molar-refractivity contribution >= 4 is 11.5 Å². The van der Waals surface area contributed by atoms with Crippen molar-refractivity contribution in [2.75, 3.05) is 11.9 Å². The molecule has 122 valence electrons. The predicted octanol–water partition coefficient (Wildman–Crippen LogP) is 3.77. The minimum absolute atomic E-state index is 0.0120. The van der Waals surface area contributed by atoms with Crippen LogP contribution < -0.4 is 5.32 Å². The van der Waals surface area contributed by atoms with Crippen molar-refractivity contribution in [2.45, 2.75) is 32.9 Å². The number of hydrogen-bond acceptors (Lipinski definition) is 5. The molecule has 0 aliphatic carbocycles. The second kappa shape index (κ2) is 6.68. The average Bonchev–Trinajstić information content (AvgIpc) is 2.52. The van der Waals surface area contributed by atoms with Gasteiger partial charge in [0, 0.05) is 36.0 Å². The molecule has 6 nitrogen and oxygen atoms in total. The Balaban J connectivity index is 2.32. The molecule has 0 aliphatic rings. The summed E-state index contributed by atoms with van der Waals surface area (Å²) >= 11 is 0. The summed E-state index contributed by atoms with van der Waals surface area (Å²) in [5.41, 5.74) is 0.143. The highest BCUT2D eigenvalue weighted by atomic mass is 19.1. The fourth-order valence-corrected chi connectivity index (χ4v) is 1.93. The van der Waals surface area contributed by atoms with Gasteiger partial charge in [0.2, 0.25) is 0 Å². The van der Waals surface area contributed by atoms with Gasteiger partial charge in [0.15, 0.2) is 5.82 Å². The van der Waals surface area contributed by atoms with Crippen LogP contribution in [0.2, 0.25) is 0 Å². The molecule has 0 atom stereocenters. The summed E-state index contributed by atoms with van der Waals surface area (Å²) in [5, 5.41) is 13.7. The number of alkyl halides is 1. The smallest absolute Gasteiger partial charge is 0.269 e. The van der Waals surface area contributed by atoms with E-state index >= 15 is 0 Å². The van der Waals surface area contributed by atoms with E-state index in [2.05, 4.69) is 15.3 Å². The van der Waals surface area contributed by atoms with Gasteiger partial charge < -0.3 is 5.32 Å². The maximum Gasteiger partial charge on any atom is 0.269 e. The van der Waals surface area contributed by atoms with E-state index in [-0.39, 0.29) is 12.2 Å². The van der Waals surface area contributed by atoms with E-state index in [1.165, 1.54) is 26.0 Å². The fourth-order valence-electron chi connectivity index (χ4n) is 1.93. The normalized spacial score (nSPS) is 11.3. The van der Waals surface area contributed by atoms with Gasteiger partial charge in [-0.2, -0.15) is 0 Å². The molecule has 1 heterocycles. The molecule has 23 heavy (non-hydrogen) atoms. The molecule has 0 radical (unpaired) electrons. The van der Waals surface area contributed by atoms with E-state index < -0.39 is 10.6 Å². The van der Waals surface area contributed by atoms with Crippen LogP contribution in [0.15, 0.2) is 30.3 Å². The van der Waals surface area contributed by atoms with Crippen LogP contribution in [0.1, 0.15) is 26.5 Å². The molecule has 0 saturated carbocycles. The van der Waals surface area contributed by atoms with Gasteiger partial charge in [-0.25, -0.2) is 14.4 Å². The third-order valence-electron chi connectivity index (χ3n) is 3.17. The number of nitro benzene ring substituents is 1. The third-order valence-corrected chi connectivity index (χ3v) is 3.17. The molecule has 0 fully saturated rings. The molecule has 0 bridgehead atoms. The lowest BCUT2D eigenvalue weighted by Crippen LogP contribution is -2.25. The Morgan fingerprint density at radius 1 is 1.26 bits per heavy atom. The molecule has 0 spiro atoms. The Bertz CT molecular complexity index is 696. The van der Waals surface area contributed by atoms with Crippen molar-refractivity contribution < 1.29 is 9.31 Å². The molecule has 0 amide bonds. The number of nitro groups is 1. The van der Waals surface area contributed by atoms with Crippen LogP contribution in [-0.2, 0) is 6.42 Å². The molecule has 0 saturated heterocycles. The highest BCUT2D eigenvalue weighted by Crippen LogP contribution is 2.22. The second-order valence-electron chi connectivity index (χ2n) is 5.80. The average molecular weight is 318 g/mol. The SMILES string of the molecule is CCc1cc(NCC(C)(C)F)nc(-c2ccc([N+](=O)[O-])cc2)n1. The molecule has 1 aromatic heterocycles. The van der Waals surface area contributed by atoms with E-state index in [4.69, 9.17) is 0 Å². The molecular formula is C16H19FN4O2. The molecule has 1 aromatic carbocycles. The first-order valence-corrected chi connectivity index (χ1v) is 7.34. The van der Waals surface area contributed by atoms with Crippen LogP contribution in [0.25, 0.3) is 11.4 Å². The van der Waals surface area contributed by atoms with Gasteiger partial charge in [-0.15, -0.1) is 0 Å². The number of aromatic nitrogens is 2. The third kappa shape index (κ3) is 4.70. The molecule has 2 rings (SSSR count). The summed E-state index contributed by atoms with van der Waals surface area (Å²) in [6.07, 6.45) is 0.705. The van der Waals surface area contributed by atoms with E-state index in [1.807, 2.05) is 6.92 Å². The van der Waals surface area contributed by atoms with Gasteiger partial charge in [0.1, 0.15) is 11.5 Å². The summed E-state index contributed by atoms with van der Waals surface area (Å²) in [6.45, 7) is 5.07. The van der Waals surface area contributed by atoms with Gasteiger partial charge in [-0.1, -0.05) is 6.92 Å². The van der Waals surface area contributed by atoms with Crippen molar-refractivity contribution in [3.8, 4) is 11.4 Å². The number of halogens is 1. The molecular weight excluding hydrogens is 299 g/mol. The number of anilines is 1. The van der Waals surface area contributed by atoms with Crippen LogP contribution >= 0.6 is 0 Å². The monoisotopic (exact) mass is 318 g/mol. The maximum atomic E-state index is 13.6. The summed E-state index contributed by atoms with van der Waals surface area (Å²) in [7, 11) is 0. The topological polar surface area (TPSA) is 81.0 Å². The number of hydrogen-bond donors (Lipinski definition) is 1. The number of benzene rings is 1. The zero-order valence-corrected chi connectivity index (χ0v) is 13.3. The van der Waals surface area contributed by atoms with Crippen LogP contribution in [0, 0.1) is 10.1 Å². The second-order valence-corrected chi connectivity index (χ2v) is 5.80. The number of nitrogens with zero attached hydrogens (tertiary/aromatic N) is 3. The van der Waals surface area contributed by atoms with Crippen LogP contribution in [-0.4, -0.2) is 27.1 Å². The van der Waals surface area contributed by atoms with Gasteiger partial charge in [0.25, 0.3) is 5.69 Å². The molecule has 0 unspecified atom stereocenters. The van der Waals surface area contributed by atoms with E-state index in [0.29, 0.717) is 23.6 Å². The largest absolute Gasteiger partial charge is 0.367 e. The van der Waals surface area contributed by atoms with Crippen molar-refractivity contribution in [1.82, 2.24) is 9.97 Å². The Morgan fingerprint density at radius 2 is 1.91 bits per heavy atom. The fraction of sp³-hybridized carbons (Fsp3) is 0.375. The van der Waals surface area contributed by atoms with Crippen molar-refractivity contribution in [3.63, 3.8) is 0 Å². The number of nitrogens with one attached hydrogen (secondary N) is 1. The standard InChI is InChI=1S/C16H19FN4O2/c1-4-12-9-14(18-10-16(2,3)17)20-15(19-12)11-5-7-13(8-6-11)21(22)23/h5-9H,4,10H2,1-3H3,(H,18,19,20). The first-order valence-electron chi connectivity index (χ1n) is 7.34. The highest BCUT2D eigenvalue weighted by Gasteiger charge is 2.16. The zero-order valence-electron chi connectivity index (χ0n) is 13.3. The zero-order chi connectivity index (χ0) is 17.0. The lowest BCUT2D eigenvalue weighted by atomic mass is 10.1. The quantitative estimate of drug-likeness (QED) is 0.647. The first kappa shape index (κ1) is 16.8. The van der Waals surface area contributed by atoms with Gasteiger partial charge in [0.05, 0.1) is 4.92 Å². The summed E-state index contributed by atoms with van der Waals surface area (Å²) < 4.78 is 13.6. The minimum atomic E-state index is -1.36. The maximum absolute atomic E-state index is 13.6. The number of non-ortho nitro benzene ring substituents is 1. The van der Waals surface area contributed by atoms with E-state index in [9.17, 15) is 14.5 Å². The van der Waals surface area contributed by atoms with Crippen molar-refractivity contribution in [2.24, 2.45) is 0 Å². The van der Waals surface area contributed by atoms with Crippen molar-refractivity contribution in [3.05, 3.63) is 46.1 Å².